The fourth-order valence-corrected chi connectivity index (χ4v) is 2.86. The van der Waals surface area contributed by atoms with E-state index in [1.165, 1.54) is 23.9 Å². The van der Waals surface area contributed by atoms with Gasteiger partial charge in [0.1, 0.15) is 0 Å². The molecule has 0 aliphatic rings. The van der Waals surface area contributed by atoms with Crippen molar-refractivity contribution in [2.24, 2.45) is 21.2 Å². The third-order valence-electron chi connectivity index (χ3n) is 3.21. The number of imidazole rings is 1. The van der Waals surface area contributed by atoms with Crippen molar-refractivity contribution < 1.29 is 9.84 Å². The predicted octanol–water partition coefficient (Wildman–Crippen LogP) is 1.98. The molecule has 0 bridgehead atoms. The minimum Gasteiger partial charge on any atom is -0.389 e. The van der Waals surface area contributed by atoms with Crippen LogP contribution in [0.5, 0.6) is 0 Å². The lowest BCUT2D eigenvalue weighted by Gasteiger charge is -2.08. The predicted molar refractivity (Wildman–Crippen MR) is 101 cm³/mol. The summed E-state index contributed by atoms with van der Waals surface area (Å²) in [6.07, 6.45) is 7.15. The summed E-state index contributed by atoms with van der Waals surface area (Å²) in [6, 6.07) is 7.48. The monoisotopic (exact) mass is 382 g/mol. The summed E-state index contributed by atoms with van der Waals surface area (Å²) < 4.78 is 9.20. The van der Waals surface area contributed by atoms with Crippen molar-refractivity contribution >= 4 is 29.6 Å². The maximum Gasteiger partial charge on any atom is 0.252 e. The minimum atomic E-state index is -0.626. The molecule has 2 rings (SSSR count). The number of hydrogen-bond acceptors (Lipinski definition) is 7. The highest BCUT2D eigenvalue weighted by atomic mass is 32.2. The van der Waals surface area contributed by atoms with Gasteiger partial charge in [-0.15, -0.1) is 5.11 Å². The van der Waals surface area contributed by atoms with E-state index in [1.54, 1.807) is 0 Å². The molecule has 0 aliphatic heterocycles. The van der Waals surface area contributed by atoms with E-state index in [0.717, 1.165) is 5.56 Å². The van der Waals surface area contributed by atoms with E-state index in [9.17, 15) is 5.11 Å². The third kappa shape index (κ3) is 6.01. The number of nitrogens with two attached hydrogens (primary N) is 1. The van der Waals surface area contributed by atoms with Gasteiger partial charge in [0.15, 0.2) is 0 Å². The lowest BCUT2D eigenvalue weighted by molar-refractivity contribution is 0.0329. The molecule has 0 aliphatic carbocycles. The average Bonchev–Trinajstić information content (AvgIpc) is 3.04. The molecule has 8 nitrogen and oxygen atoms in total. The summed E-state index contributed by atoms with van der Waals surface area (Å²) in [5.41, 5.74) is 7.71. The van der Waals surface area contributed by atoms with Crippen molar-refractivity contribution in [3.8, 4) is 0 Å². The first kappa shape index (κ1) is 19.7. The Kier molecular flexibility index (Phi) is 8.22. The molecule has 1 aromatic heterocycles. The molecule has 10 heteroatoms. The quantitative estimate of drug-likeness (QED) is 0.510. The number of benzene rings is 1. The van der Waals surface area contributed by atoms with E-state index >= 15 is 0 Å². The number of nitrogens with zero attached hydrogens (tertiary/aromatic N) is 5. The Morgan fingerprint density at radius 1 is 1.16 bits per heavy atom. The van der Waals surface area contributed by atoms with Crippen LogP contribution in [-0.2, 0) is 11.3 Å². The van der Waals surface area contributed by atoms with Gasteiger partial charge in [-0.25, -0.2) is 0 Å². The molecule has 25 heavy (non-hydrogen) atoms. The van der Waals surface area contributed by atoms with Gasteiger partial charge in [0.05, 0.1) is 25.0 Å². The summed E-state index contributed by atoms with van der Waals surface area (Å²) in [5.74, 6) is 0. The van der Waals surface area contributed by atoms with Crippen molar-refractivity contribution in [2.75, 3.05) is 25.7 Å². The Balaban J connectivity index is 1.98. The molecule has 0 amide bonds. The van der Waals surface area contributed by atoms with Gasteiger partial charge < -0.3 is 15.6 Å². The molecule has 0 saturated heterocycles. The van der Waals surface area contributed by atoms with Crippen LogP contribution in [0.2, 0.25) is 0 Å². The van der Waals surface area contributed by atoms with Gasteiger partial charge >= 0.3 is 0 Å². The van der Waals surface area contributed by atoms with Gasteiger partial charge in [-0.3, -0.25) is 7.94 Å². The van der Waals surface area contributed by atoms with Crippen LogP contribution in [0.3, 0.4) is 0 Å². The Labute approximate surface area is 155 Å². The third-order valence-corrected chi connectivity index (χ3v) is 4.56. The molecule has 0 spiro atoms. The summed E-state index contributed by atoms with van der Waals surface area (Å²) in [6.45, 7) is 0.828. The first-order chi connectivity index (χ1) is 12.2. The zero-order valence-corrected chi connectivity index (χ0v) is 15.8. The molecular formula is C15H22N6O2S2. The van der Waals surface area contributed by atoms with Gasteiger partial charge in [0, 0.05) is 31.4 Å². The zero-order chi connectivity index (χ0) is 18.1. The molecule has 2 aromatic rings. The SMILES string of the molecule is CSn1ccn(SC)c1=NN=Nc1ccc(COCC(O)CN)cc1. The fraction of sp³-hybridized carbons (Fsp3) is 0.400. The number of aliphatic hydroxyl groups excluding tert-OH is 1. The van der Waals surface area contributed by atoms with Crippen LogP contribution in [0.1, 0.15) is 5.56 Å². The maximum atomic E-state index is 9.34. The lowest BCUT2D eigenvalue weighted by Crippen LogP contribution is -2.24. The Morgan fingerprint density at radius 3 is 2.36 bits per heavy atom. The van der Waals surface area contributed by atoms with Crippen LogP contribution in [0.4, 0.5) is 5.69 Å². The van der Waals surface area contributed by atoms with Crippen molar-refractivity contribution in [1.82, 2.24) is 7.94 Å². The standard InChI is InChI=1S/C15H22N6O2S2/c1-24-20-7-8-21(25-2)15(20)18-19-17-13-5-3-12(4-6-13)10-23-11-14(22)9-16/h3-8,14,22H,9-11,16H2,1-2H3. The highest BCUT2D eigenvalue weighted by Gasteiger charge is 2.01. The molecule has 1 aromatic carbocycles. The van der Waals surface area contributed by atoms with Gasteiger partial charge in [-0.05, 0) is 46.8 Å². The van der Waals surface area contributed by atoms with Gasteiger partial charge in [0.25, 0.3) is 5.62 Å². The summed E-state index contributed by atoms with van der Waals surface area (Å²) in [4.78, 5) is 0. The van der Waals surface area contributed by atoms with Crippen LogP contribution >= 0.6 is 23.9 Å². The van der Waals surface area contributed by atoms with Crippen LogP contribution in [0, 0.1) is 0 Å². The van der Waals surface area contributed by atoms with Gasteiger partial charge in [0.2, 0.25) is 0 Å². The van der Waals surface area contributed by atoms with E-state index in [4.69, 9.17) is 10.5 Å². The highest BCUT2D eigenvalue weighted by Crippen LogP contribution is 2.14. The maximum absolute atomic E-state index is 9.34. The normalized spacial score (nSPS) is 12.6. The summed E-state index contributed by atoms with van der Waals surface area (Å²) >= 11 is 3.08. The Bertz CT molecular complexity index is 717. The summed E-state index contributed by atoms with van der Waals surface area (Å²) in [5, 5.41) is 21.6. The molecule has 1 unspecified atom stereocenters. The highest BCUT2D eigenvalue weighted by molar-refractivity contribution is 7.97. The van der Waals surface area contributed by atoms with Crippen molar-refractivity contribution in [2.45, 2.75) is 12.7 Å². The molecule has 1 heterocycles. The van der Waals surface area contributed by atoms with Crippen LogP contribution < -0.4 is 11.4 Å². The average molecular weight is 383 g/mol. The number of aliphatic hydroxyl groups is 1. The van der Waals surface area contributed by atoms with Gasteiger partial charge in [-0.2, -0.15) is 0 Å². The van der Waals surface area contributed by atoms with E-state index in [2.05, 4.69) is 15.4 Å². The van der Waals surface area contributed by atoms with E-state index < -0.39 is 6.10 Å². The van der Waals surface area contributed by atoms with Crippen molar-refractivity contribution in [3.63, 3.8) is 0 Å². The smallest absolute Gasteiger partial charge is 0.252 e. The molecule has 3 N–H and O–H groups in total. The first-order valence-electron chi connectivity index (χ1n) is 7.56. The number of ether oxygens (including phenoxy) is 1. The Morgan fingerprint density at radius 2 is 1.80 bits per heavy atom. The van der Waals surface area contributed by atoms with Crippen LogP contribution in [-0.4, -0.2) is 44.8 Å². The summed E-state index contributed by atoms with van der Waals surface area (Å²) in [7, 11) is 0. The van der Waals surface area contributed by atoms with Crippen LogP contribution in [0.15, 0.2) is 52.1 Å². The van der Waals surface area contributed by atoms with Crippen molar-refractivity contribution in [3.05, 3.63) is 47.8 Å². The largest absolute Gasteiger partial charge is 0.389 e. The van der Waals surface area contributed by atoms with E-state index in [0.29, 0.717) is 17.9 Å². The molecule has 0 fully saturated rings. The fourth-order valence-electron chi connectivity index (χ4n) is 1.88. The second-order valence-electron chi connectivity index (χ2n) is 4.98. The number of hydrogen-bond donors (Lipinski definition) is 2. The first-order valence-corrected chi connectivity index (χ1v) is 9.92. The minimum absolute atomic E-state index is 0.194. The molecule has 0 radical (unpaired) electrons. The molecular weight excluding hydrogens is 360 g/mol. The van der Waals surface area contributed by atoms with Gasteiger partial charge in [-0.1, -0.05) is 17.2 Å². The topological polar surface area (TPSA) is 102 Å². The molecule has 1 atom stereocenters. The number of aromatic nitrogens is 2. The Hall–Kier alpha value is -1.59. The lowest BCUT2D eigenvalue weighted by atomic mass is 10.2. The second-order valence-corrected chi connectivity index (χ2v) is 6.49. The van der Waals surface area contributed by atoms with E-state index in [1.807, 2.05) is 57.1 Å². The number of rotatable bonds is 9. The van der Waals surface area contributed by atoms with Crippen molar-refractivity contribution in [1.29, 1.82) is 0 Å². The second kappa shape index (κ2) is 10.4. The zero-order valence-electron chi connectivity index (χ0n) is 14.1. The molecule has 0 saturated carbocycles. The van der Waals surface area contributed by atoms with E-state index in [-0.39, 0.29) is 13.2 Å². The molecule has 136 valence electrons. The van der Waals surface area contributed by atoms with Crippen LogP contribution in [0.25, 0.3) is 0 Å².